The number of Topliss-reactive ketones (excluding diaryl/α,β-unsaturated/α-hetero) is 1. The molecule has 1 aliphatic rings. The van der Waals surface area contributed by atoms with Crippen molar-refractivity contribution in [1.29, 1.82) is 0 Å². The van der Waals surface area contributed by atoms with Crippen molar-refractivity contribution < 1.29 is 14.7 Å². The van der Waals surface area contributed by atoms with Crippen molar-refractivity contribution in [1.82, 2.24) is 4.90 Å². The van der Waals surface area contributed by atoms with Gasteiger partial charge in [0, 0.05) is 25.1 Å². The summed E-state index contributed by atoms with van der Waals surface area (Å²) >= 11 is 0. The minimum atomic E-state index is -1.91. The molecule has 0 saturated heterocycles. The van der Waals surface area contributed by atoms with Gasteiger partial charge in [-0.1, -0.05) is 24.3 Å². The Morgan fingerprint density at radius 3 is 2.50 bits per heavy atom. The van der Waals surface area contributed by atoms with Crippen LogP contribution in [0.2, 0.25) is 0 Å². The maximum absolute atomic E-state index is 12.3. The van der Waals surface area contributed by atoms with Crippen LogP contribution in [-0.4, -0.2) is 40.4 Å². The number of carbonyl (C=O) groups is 2. The van der Waals surface area contributed by atoms with E-state index < -0.39 is 17.3 Å². The average Bonchev–Trinajstić information content (AvgIpc) is 2.65. The summed E-state index contributed by atoms with van der Waals surface area (Å²) in [5.74, 6) is -0.969. The van der Waals surface area contributed by atoms with Gasteiger partial charge in [-0.3, -0.25) is 9.59 Å². The number of ketones is 1. The van der Waals surface area contributed by atoms with Gasteiger partial charge in [0.2, 0.25) is 11.4 Å². The second-order valence-electron chi connectivity index (χ2n) is 4.50. The molecule has 4 nitrogen and oxygen atoms in total. The number of carbonyl (C=O) groups excluding carboxylic acids is 2. The van der Waals surface area contributed by atoms with Gasteiger partial charge in [-0.15, -0.1) is 0 Å². The molecule has 2 rings (SSSR count). The Hall–Kier alpha value is -1.68. The number of aliphatic hydroxyl groups is 1. The average molecular weight is 247 g/mol. The largest absolute Gasteiger partial charge is 0.373 e. The fourth-order valence-electron chi connectivity index (χ4n) is 2.42. The van der Waals surface area contributed by atoms with Crippen LogP contribution >= 0.6 is 0 Å². The Bertz CT molecular complexity index is 494. The highest BCUT2D eigenvalue weighted by molar-refractivity contribution is 6.19. The molecule has 0 aliphatic heterocycles. The number of likely N-dealkylation sites (N-methyl/N-ethyl adjacent to an activating group) is 1. The summed E-state index contributed by atoms with van der Waals surface area (Å²) in [5, 5.41) is 10.4. The van der Waals surface area contributed by atoms with E-state index in [1.54, 1.807) is 24.3 Å². The first-order valence-electron chi connectivity index (χ1n) is 6.19. The summed E-state index contributed by atoms with van der Waals surface area (Å²) in [6, 6.07) is 6.98. The van der Waals surface area contributed by atoms with Gasteiger partial charge in [-0.25, -0.2) is 0 Å². The molecule has 1 aliphatic carbocycles. The fraction of sp³-hybridized carbons (Fsp3) is 0.429. The summed E-state index contributed by atoms with van der Waals surface area (Å²) in [6.45, 7) is 4.64. The highest BCUT2D eigenvalue weighted by Gasteiger charge is 2.51. The first-order chi connectivity index (χ1) is 8.54. The molecular weight excluding hydrogens is 230 g/mol. The first-order valence-corrected chi connectivity index (χ1v) is 6.19. The Balaban J connectivity index is 2.36. The lowest BCUT2D eigenvalue weighted by atomic mass is 9.97. The molecule has 0 bridgehead atoms. The molecule has 0 fully saturated rings. The van der Waals surface area contributed by atoms with Gasteiger partial charge in [0.05, 0.1) is 0 Å². The molecule has 0 heterocycles. The van der Waals surface area contributed by atoms with Gasteiger partial charge in [0.1, 0.15) is 0 Å². The summed E-state index contributed by atoms with van der Waals surface area (Å²) in [4.78, 5) is 26.0. The monoisotopic (exact) mass is 247 g/mol. The van der Waals surface area contributed by atoms with Gasteiger partial charge in [-0.05, 0) is 19.4 Å². The van der Waals surface area contributed by atoms with Crippen LogP contribution in [0.25, 0.3) is 0 Å². The second kappa shape index (κ2) is 4.53. The zero-order valence-corrected chi connectivity index (χ0v) is 10.6. The SMILES string of the molecule is CCN(CC)C(=O)C1(O)Cc2ccccc2C1=O. The van der Waals surface area contributed by atoms with Gasteiger partial charge in [-0.2, -0.15) is 0 Å². The van der Waals surface area contributed by atoms with Crippen molar-refractivity contribution in [3.8, 4) is 0 Å². The van der Waals surface area contributed by atoms with Gasteiger partial charge >= 0.3 is 0 Å². The molecule has 0 spiro atoms. The Morgan fingerprint density at radius 2 is 1.94 bits per heavy atom. The van der Waals surface area contributed by atoms with Crippen molar-refractivity contribution in [3.05, 3.63) is 35.4 Å². The summed E-state index contributed by atoms with van der Waals surface area (Å²) < 4.78 is 0. The van der Waals surface area contributed by atoms with E-state index in [1.807, 2.05) is 13.8 Å². The molecular formula is C14H17NO3. The van der Waals surface area contributed by atoms with Crippen molar-refractivity contribution >= 4 is 11.7 Å². The summed E-state index contributed by atoms with van der Waals surface area (Å²) in [5.41, 5.74) is -0.707. The predicted molar refractivity (Wildman–Crippen MR) is 67.4 cm³/mol. The quantitative estimate of drug-likeness (QED) is 0.811. The molecule has 0 radical (unpaired) electrons. The zero-order chi connectivity index (χ0) is 13.3. The summed E-state index contributed by atoms with van der Waals surface area (Å²) in [7, 11) is 0. The fourth-order valence-corrected chi connectivity index (χ4v) is 2.42. The maximum atomic E-state index is 12.3. The molecule has 1 aromatic rings. The minimum Gasteiger partial charge on any atom is -0.373 e. The Morgan fingerprint density at radius 1 is 1.33 bits per heavy atom. The van der Waals surface area contributed by atoms with Gasteiger partial charge in [0.15, 0.2) is 0 Å². The lowest BCUT2D eigenvalue weighted by molar-refractivity contribution is -0.145. The number of fused-ring (bicyclic) bond motifs is 1. The number of hydrogen-bond acceptors (Lipinski definition) is 3. The van der Waals surface area contributed by atoms with E-state index in [4.69, 9.17) is 0 Å². The second-order valence-corrected chi connectivity index (χ2v) is 4.50. The number of hydrogen-bond donors (Lipinski definition) is 1. The van der Waals surface area contributed by atoms with Crippen LogP contribution < -0.4 is 0 Å². The Kier molecular flexibility index (Phi) is 3.22. The van der Waals surface area contributed by atoms with Crippen LogP contribution in [0, 0.1) is 0 Å². The normalized spacial score (nSPS) is 21.8. The van der Waals surface area contributed by atoms with Crippen LogP contribution in [0.1, 0.15) is 29.8 Å². The van der Waals surface area contributed by atoms with Gasteiger partial charge < -0.3 is 10.0 Å². The van der Waals surface area contributed by atoms with Crippen molar-refractivity contribution in [2.45, 2.75) is 25.9 Å². The highest BCUT2D eigenvalue weighted by atomic mass is 16.3. The first kappa shape index (κ1) is 12.8. The van der Waals surface area contributed by atoms with Crippen molar-refractivity contribution in [2.75, 3.05) is 13.1 Å². The van der Waals surface area contributed by atoms with Crippen LogP contribution in [-0.2, 0) is 11.2 Å². The topological polar surface area (TPSA) is 57.6 Å². The third-order valence-corrected chi connectivity index (χ3v) is 3.49. The number of amides is 1. The van der Waals surface area contributed by atoms with E-state index in [9.17, 15) is 14.7 Å². The smallest absolute Gasteiger partial charge is 0.263 e. The summed E-state index contributed by atoms with van der Waals surface area (Å²) in [6.07, 6.45) is 0.0807. The van der Waals surface area contributed by atoms with Crippen LogP contribution in [0.4, 0.5) is 0 Å². The molecule has 4 heteroatoms. The molecule has 1 aromatic carbocycles. The molecule has 0 saturated carbocycles. The lowest BCUT2D eigenvalue weighted by Crippen LogP contribution is -2.53. The van der Waals surface area contributed by atoms with Crippen LogP contribution in [0.15, 0.2) is 24.3 Å². The highest BCUT2D eigenvalue weighted by Crippen LogP contribution is 2.31. The number of benzene rings is 1. The third kappa shape index (κ3) is 1.73. The lowest BCUT2D eigenvalue weighted by Gasteiger charge is -2.27. The van der Waals surface area contributed by atoms with Crippen molar-refractivity contribution in [2.24, 2.45) is 0 Å². The molecule has 1 atom stereocenters. The van der Waals surface area contributed by atoms with E-state index in [0.717, 1.165) is 5.56 Å². The van der Waals surface area contributed by atoms with E-state index in [0.29, 0.717) is 18.7 Å². The van der Waals surface area contributed by atoms with Crippen molar-refractivity contribution in [3.63, 3.8) is 0 Å². The zero-order valence-electron chi connectivity index (χ0n) is 10.6. The number of nitrogens with zero attached hydrogens (tertiary/aromatic N) is 1. The molecule has 96 valence electrons. The van der Waals surface area contributed by atoms with E-state index in [-0.39, 0.29) is 6.42 Å². The van der Waals surface area contributed by atoms with E-state index >= 15 is 0 Å². The molecule has 18 heavy (non-hydrogen) atoms. The molecule has 1 unspecified atom stereocenters. The maximum Gasteiger partial charge on any atom is 0.263 e. The van der Waals surface area contributed by atoms with E-state index in [1.165, 1.54) is 4.90 Å². The standard InChI is InChI=1S/C14H17NO3/c1-3-15(4-2)13(17)14(18)9-10-7-5-6-8-11(10)12(14)16/h5-8,18H,3-4,9H2,1-2H3. The van der Waals surface area contributed by atoms with Crippen LogP contribution in [0.5, 0.6) is 0 Å². The van der Waals surface area contributed by atoms with Crippen LogP contribution in [0.3, 0.4) is 0 Å². The third-order valence-electron chi connectivity index (χ3n) is 3.49. The molecule has 1 amide bonds. The molecule has 0 aromatic heterocycles. The molecule has 1 N–H and O–H groups in total. The minimum absolute atomic E-state index is 0.0807. The van der Waals surface area contributed by atoms with Gasteiger partial charge in [0.25, 0.3) is 5.91 Å². The number of rotatable bonds is 3. The predicted octanol–water partition coefficient (Wildman–Crippen LogP) is 1.02. The van der Waals surface area contributed by atoms with E-state index in [2.05, 4.69) is 0 Å². The Labute approximate surface area is 106 Å².